The minimum Gasteiger partial charge on any atom is -0.480 e. The van der Waals surface area contributed by atoms with Crippen LogP contribution in [0.1, 0.15) is 17.2 Å². The third kappa shape index (κ3) is 4.49. The van der Waals surface area contributed by atoms with Crippen LogP contribution in [0, 0.1) is 11.6 Å². The number of carboxylic acids is 1. The van der Waals surface area contributed by atoms with Crippen molar-refractivity contribution >= 4 is 5.97 Å². The first-order valence-electron chi connectivity index (χ1n) is 9.48. The summed E-state index contributed by atoms with van der Waals surface area (Å²) in [5.41, 5.74) is 3.42. The lowest BCUT2D eigenvalue weighted by molar-refractivity contribution is -0.136. The van der Waals surface area contributed by atoms with Crippen molar-refractivity contribution in [2.75, 3.05) is 6.54 Å². The van der Waals surface area contributed by atoms with Crippen LogP contribution < -0.4 is 5.32 Å². The van der Waals surface area contributed by atoms with Gasteiger partial charge in [-0.3, -0.25) is 20.2 Å². The Kier molecular flexibility index (Phi) is 5.81. The molecular weight excluding hydrogens is 402 g/mol. The number of pyridine rings is 1. The van der Waals surface area contributed by atoms with E-state index in [1.165, 1.54) is 24.4 Å². The molecule has 0 aliphatic rings. The Balaban J connectivity index is 1.71. The van der Waals surface area contributed by atoms with Gasteiger partial charge in [-0.25, -0.2) is 8.78 Å². The third-order valence-corrected chi connectivity index (χ3v) is 4.84. The summed E-state index contributed by atoms with van der Waals surface area (Å²) < 4.78 is 27.6. The minimum atomic E-state index is -1.03. The van der Waals surface area contributed by atoms with Crippen molar-refractivity contribution in [1.29, 1.82) is 0 Å². The topological polar surface area (TPSA) is 90.9 Å². The van der Waals surface area contributed by atoms with E-state index in [1.807, 2.05) is 0 Å². The van der Waals surface area contributed by atoms with E-state index in [1.54, 1.807) is 48.7 Å². The van der Waals surface area contributed by atoms with Crippen LogP contribution in [0.15, 0.2) is 73.1 Å². The molecule has 0 radical (unpaired) electrons. The van der Waals surface area contributed by atoms with Gasteiger partial charge in [0.25, 0.3) is 0 Å². The zero-order chi connectivity index (χ0) is 21.8. The summed E-state index contributed by atoms with van der Waals surface area (Å²) in [6.45, 7) is -0.313. The van der Waals surface area contributed by atoms with Crippen LogP contribution in [0.4, 0.5) is 8.78 Å². The monoisotopic (exact) mass is 420 g/mol. The summed E-state index contributed by atoms with van der Waals surface area (Å²) in [6.07, 6.45) is 3.14. The third-order valence-electron chi connectivity index (χ3n) is 4.84. The molecule has 31 heavy (non-hydrogen) atoms. The van der Waals surface area contributed by atoms with Gasteiger partial charge in [0.2, 0.25) is 0 Å². The van der Waals surface area contributed by atoms with E-state index in [2.05, 4.69) is 20.5 Å². The maximum Gasteiger partial charge on any atom is 0.317 e. The molecule has 0 aliphatic carbocycles. The predicted octanol–water partition coefficient (Wildman–Crippen LogP) is 4.18. The molecule has 0 bridgehead atoms. The number of nitrogens with zero attached hydrogens (tertiary/aromatic N) is 2. The Hall–Kier alpha value is -3.91. The molecule has 0 saturated carbocycles. The van der Waals surface area contributed by atoms with E-state index in [9.17, 15) is 13.6 Å². The number of benzene rings is 2. The number of rotatable bonds is 7. The molecule has 3 N–H and O–H groups in total. The van der Waals surface area contributed by atoms with Crippen LogP contribution in [0.25, 0.3) is 22.5 Å². The fraction of sp³-hybridized carbons (Fsp3) is 0.0870. The Labute approximate surface area is 176 Å². The van der Waals surface area contributed by atoms with Crippen molar-refractivity contribution in [3.63, 3.8) is 0 Å². The number of hydrogen-bond donors (Lipinski definition) is 3. The molecule has 0 saturated heterocycles. The Bertz CT molecular complexity index is 1190. The molecule has 0 fully saturated rings. The van der Waals surface area contributed by atoms with Crippen LogP contribution in [-0.2, 0) is 4.79 Å². The van der Waals surface area contributed by atoms with Gasteiger partial charge in [0.15, 0.2) is 0 Å². The van der Waals surface area contributed by atoms with E-state index >= 15 is 0 Å². The predicted molar refractivity (Wildman–Crippen MR) is 111 cm³/mol. The summed E-state index contributed by atoms with van der Waals surface area (Å²) in [7, 11) is 0. The van der Waals surface area contributed by atoms with Gasteiger partial charge < -0.3 is 5.11 Å². The Morgan fingerprint density at radius 2 is 1.81 bits per heavy atom. The minimum absolute atomic E-state index is 0.313. The van der Waals surface area contributed by atoms with Gasteiger partial charge in [0, 0.05) is 22.9 Å². The van der Waals surface area contributed by atoms with E-state index in [0.29, 0.717) is 28.1 Å². The molecule has 0 aliphatic heterocycles. The number of hydrogen-bond acceptors (Lipinski definition) is 4. The largest absolute Gasteiger partial charge is 0.480 e. The lowest BCUT2D eigenvalue weighted by Crippen LogP contribution is -2.28. The molecule has 2 heterocycles. The van der Waals surface area contributed by atoms with Gasteiger partial charge in [-0.05, 0) is 48.0 Å². The quantitative estimate of drug-likeness (QED) is 0.417. The molecule has 2 aromatic heterocycles. The van der Waals surface area contributed by atoms with Gasteiger partial charge in [-0.2, -0.15) is 5.10 Å². The van der Waals surface area contributed by atoms with Crippen LogP contribution in [-0.4, -0.2) is 32.8 Å². The maximum atomic E-state index is 14.4. The molecule has 4 aromatic rings. The van der Waals surface area contributed by atoms with E-state index in [0.717, 1.165) is 5.56 Å². The van der Waals surface area contributed by atoms with Crippen LogP contribution in [0.2, 0.25) is 0 Å². The van der Waals surface area contributed by atoms with Crippen molar-refractivity contribution in [3.05, 3.63) is 95.8 Å². The van der Waals surface area contributed by atoms with Crippen molar-refractivity contribution in [3.8, 4) is 22.5 Å². The van der Waals surface area contributed by atoms with Gasteiger partial charge in [-0.15, -0.1) is 0 Å². The standard InChI is InChI=1S/C23H18F2N4O2/c24-16-8-5-14(6-9-16)20-10-7-15(11-26-20)22(27-13-21(30)31)18-12-28-29-23(18)17-3-1-2-4-19(17)25/h1-12,22,27H,13H2,(H,28,29)(H,30,31). The number of halogens is 2. The van der Waals surface area contributed by atoms with Crippen LogP contribution in [0.5, 0.6) is 0 Å². The Morgan fingerprint density at radius 3 is 2.48 bits per heavy atom. The highest BCUT2D eigenvalue weighted by atomic mass is 19.1. The molecule has 1 atom stereocenters. The first kappa shape index (κ1) is 20.4. The van der Waals surface area contributed by atoms with Gasteiger partial charge >= 0.3 is 5.97 Å². The van der Waals surface area contributed by atoms with Gasteiger partial charge in [0.1, 0.15) is 11.6 Å². The summed E-state index contributed by atoms with van der Waals surface area (Å²) in [6, 6.07) is 15.2. The van der Waals surface area contributed by atoms with E-state index in [-0.39, 0.29) is 12.4 Å². The van der Waals surface area contributed by atoms with Crippen LogP contribution >= 0.6 is 0 Å². The highest BCUT2D eigenvalue weighted by molar-refractivity contribution is 5.70. The summed E-state index contributed by atoms with van der Waals surface area (Å²) in [4.78, 5) is 15.6. The molecule has 2 aromatic carbocycles. The maximum absolute atomic E-state index is 14.4. The summed E-state index contributed by atoms with van der Waals surface area (Å²) in [5, 5.41) is 19.0. The fourth-order valence-corrected chi connectivity index (χ4v) is 3.36. The Morgan fingerprint density at radius 1 is 1.03 bits per heavy atom. The lowest BCUT2D eigenvalue weighted by atomic mass is 9.96. The smallest absolute Gasteiger partial charge is 0.317 e. The molecule has 4 rings (SSSR count). The molecule has 6 nitrogen and oxygen atoms in total. The molecule has 8 heteroatoms. The summed E-state index contributed by atoms with van der Waals surface area (Å²) >= 11 is 0. The van der Waals surface area contributed by atoms with Crippen molar-refractivity contribution in [1.82, 2.24) is 20.5 Å². The highest BCUT2D eigenvalue weighted by Crippen LogP contribution is 2.32. The van der Waals surface area contributed by atoms with E-state index < -0.39 is 17.8 Å². The van der Waals surface area contributed by atoms with Gasteiger partial charge in [0.05, 0.1) is 30.2 Å². The van der Waals surface area contributed by atoms with E-state index in [4.69, 9.17) is 5.11 Å². The molecule has 0 spiro atoms. The normalized spacial score (nSPS) is 11.9. The zero-order valence-electron chi connectivity index (χ0n) is 16.2. The number of nitrogens with one attached hydrogen (secondary N) is 2. The SMILES string of the molecule is O=C(O)CNC(c1ccc(-c2ccc(F)cc2)nc1)c1cn[nH]c1-c1ccccc1F. The van der Waals surface area contributed by atoms with Crippen molar-refractivity contribution < 1.29 is 18.7 Å². The zero-order valence-corrected chi connectivity index (χ0v) is 16.2. The average Bonchev–Trinajstić information content (AvgIpc) is 3.24. The molecular formula is C23H18F2N4O2. The fourth-order valence-electron chi connectivity index (χ4n) is 3.36. The number of H-pyrrole nitrogens is 1. The number of carbonyl (C=O) groups is 1. The number of carboxylic acid groups (broad SMARTS) is 1. The second-order valence-corrected chi connectivity index (χ2v) is 6.87. The first-order chi connectivity index (χ1) is 15.0. The highest BCUT2D eigenvalue weighted by Gasteiger charge is 2.22. The number of aromatic amines is 1. The van der Waals surface area contributed by atoms with Crippen molar-refractivity contribution in [2.24, 2.45) is 0 Å². The van der Waals surface area contributed by atoms with Crippen molar-refractivity contribution in [2.45, 2.75) is 6.04 Å². The molecule has 1 unspecified atom stereocenters. The van der Waals surface area contributed by atoms with Gasteiger partial charge in [-0.1, -0.05) is 18.2 Å². The average molecular weight is 420 g/mol. The second-order valence-electron chi connectivity index (χ2n) is 6.87. The molecule has 0 amide bonds. The number of aromatic nitrogens is 3. The molecule has 156 valence electrons. The lowest BCUT2D eigenvalue weighted by Gasteiger charge is -2.19. The van der Waals surface area contributed by atoms with Crippen LogP contribution in [0.3, 0.4) is 0 Å². The summed E-state index contributed by atoms with van der Waals surface area (Å²) in [5.74, 6) is -1.79. The second kappa shape index (κ2) is 8.85. The number of aliphatic carboxylic acids is 1. The first-order valence-corrected chi connectivity index (χ1v) is 9.48.